The normalized spacial score (nSPS) is 16.2. The zero-order valence-corrected chi connectivity index (χ0v) is 17.7. The molecule has 0 bridgehead atoms. The van der Waals surface area contributed by atoms with Gasteiger partial charge in [0.2, 0.25) is 0 Å². The van der Waals surface area contributed by atoms with Crippen LogP contribution < -0.4 is 0 Å². The number of hydrogen-bond donors (Lipinski definition) is 0. The van der Waals surface area contributed by atoms with Gasteiger partial charge < -0.3 is 9.53 Å². The molecule has 0 aromatic heterocycles. The van der Waals surface area contributed by atoms with Gasteiger partial charge in [0.1, 0.15) is 12.9 Å². The van der Waals surface area contributed by atoms with Gasteiger partial charge in [-0.3, -0.25) is 4.90 Å². The molecule has 1 aliphatic rings. The van der Waals surface area contributed by atoms with Crippen LogP contribution in [0.3, 0.4) is 0 Å². The summed E-state index contributed by atoms with van der Waals surface area (Å²) in [6.45, 7) is 5.48. The third-order valence-electron chi connectivity index (χ3n) is 5.36. The average molecular weight is 380 g/mol. The molecule has 1 rings (SSSR count). The van der Waals surface area contributed by atoms with Crippen molar-refractivity contribution in [3.63, 3.8) is 0 Å². The number of carbonyl (C=O) groups excluding carboxylic acids is 2. The van der Waals surface area contributed by atoms with Crippen LogP contribution in [0.5, 0.6) is 0 Å². The molecule has 156 valence electrons. The van der Waals surface area contributed by atoms with Crippen LogP contribution in [0.4, 0.5) is 4.79 Å². The number of cyclic esters (lactones) is 1. The van der Waals surface area contributed by atoms with Crippen molar-refractivity contribution >= 4 is 12.4 Å². The van der Waals surface area contributed by atoms with Crippen LogP contribution in [0.1, 0.15) is 104 Å². The Kier molecular flexibility index (Phi) is 12.9. The van der Waals surface area contributed by atoms with E-state index < -0.39 is 0 Å². The van der Waals surface area contributed by atoms with E-state index in [0.717, 1.165) is 32.1 Å². The predicted octanol–water partition coefficient (Wildman–Crippen LogP) is 6.43. The highest BCUT2D eigenvalue weighted by atomic mass is 16.6. The number of allylic oxidation sites excluding steroid dienone is 2. The van der Waals surface area contributed by atoms with Crippen molar-refractivity contribution in [2.24, 2.45) is 0 Å². The average Bonchev–Trinajstić information content (AvgIpc) is 2.90. The highest BCUT2D eigenvalue weighted by molar-refractivity contribution is 5.70. The molecular weight excluding hydrogens is 338 g/mol. The molecule has 0 aromatic rings. The second kappa shape index (κ2) is 14.7. The lowest BCUT2D eigenvalue weighted by Gasteiger charge is -2.27. The van der Waals surface area contributed by atoms with Gasteiger partial charge in [-0.1, -0.05) is 57.1 Å². The Morgan fingerprint density at radius 3 is 1.78 bits per heavy atom. The topological polar surface area (TPSA) is 46.6 Å². The number of nitrogens with zero attached hydrogens (tertiary/aromatic N) is 1. The molecule has 4 nitrogen and oxygen atoms in total. The fourth-order valence-corrected chi connectivity index (χ4v) is 3.53. The lowest BCUT2D eigenvalue weighted by atomic mass is 10.0. The Bertz CT molecular complexity index is 431. The van der Waals surface area contributed by atoms with Gasteiger partial charge in [0.05, 0.1) is 5.54 Å². The lowest BCUT2D eigenvalue weighted by molar-refractivity contribution is -0.107. The van der Waals surface area contributed by atoms with Gasteiger partial charge in [0.15, 0.2) is 0 Å². The molecule has 0 aromatic carbocycles. The number of hydrogen-bond acceptors (Lipinski definition) is 3. The smallest absolute Gasteiger partial charge is 0.410 e. The number of ether oxygens (including phenoxy) is 1. The Morgan fingerprint density at radius 1 is 0.815 bits per heavy atom. The van der Waals surface area contributed by atoms with Gasteiger partial charge in [-0.05, 0) is 52.4 Å². The van der Waals surface area contributed by atoms with Crippen LogP contribution in [0.25, 0.3) is 0 Å². The van der Waals surface area contributed by atoms with Gasteiger partial charge in [-0.2, -0.15) is 0 Å². The number of carbonyl (C=O) groups is 2. The maximum atomic E-state index is 11.7. The number of aldehydes is 1. The van der Waals surface area contributed by atoms with Crippen LogP contribution >= 0.6 is 0 Å². The molecule has 0 radical (unpaired) electrons. The first kappa shape index (κ1) is 23.7. The zero-order valence-electron chi connectivity index (χ0n) is 17.7. The van der Waals surface area contributed by atoms with Crippen molar-refractivity contribution in [2.45, 2.75) is 109 Å². The van der Waals surface area contributed by atoms with Crippen LogP contribution in [0.2, 0.25) is 0 Å². The molecule has 27 heavy (non-hydrogen) atoms. The minimum absolute atomic E-state index is 0.139. The van der Waals surface area contributed by atoms with Crippen molar-refractivity contribution < 1.29 is 14.3 Å². The highest BCUT2D eigenvalue weighted by Gasteiger charge is 2.38. The predicted molar refractivity (Wildman–Crippen MR) is 112 cm³/mol. The number of rotatable bonds is 17. The summed E-state index contributed by atoms with van der Waals surface area (Å²) in [5, 5.41) is 0. The van der Waals surface area contributed by atoms with Gasteiger partial charge in [0.25, 0.3) is 0 Å². The summed E-state index contributed by atoms with van der Waals surface area (Å²) in [5.41, 5.74) is -0.139. The summed E-state index contributed by atoms with van der Waals surface area (Å²) in [7, 11) is 0. The molecule has 0 aliphatic carbocycles. The summed E-state index contributed by atoms with van der Waals surface area (Å²) >= 11 is 0. The third-order valence-corrected chi connectivity index (χ3v) is 5.36. The molecule has 1 aliphatic heterocycles. The van der Waals surface area contributed by atoms with E-state index in [1.807, 2.05) is 4.90 Å². The molecule has 1 fully saturated rings. The van der Waals surface area contributed by atoms with E-state index in [0.29, 0.717) is 6.61 Å². The second-order valence-electron chi connectivity index (χ2n) is 8.41. The van der Waals surface area contributed by atoms with Gasteiger partial charge in [-0.25, -0.2) is 4.79 Å². The summed E-state index contributed by atoms with van der Waals surface area (Å²) in [5.74, 6) is 0. The SMILES string of the molecule is CC1(C)COC(=O)N1CCCCCCCCC=CCCCCCCCC=O. The fraction of sp³-hybridized carbons (Fsp3) is 0.826. The van der Waals surface area contributed by atoms with Crippen LogP contribution in [-0.2, 0) is 9.53 Å². The van der Waals surface area contributed by atoms with Crippen LogP contribution in [-0.4, -0.2) is 36.0 Å². The molecular formula is C23H41NO3. The van der Waals surface area contributed by atoms with E-state index in [1.54, 1.807) is 0 Å². The van der Waals surface area contributed by atoms with Gasteiger partial charge in [-0.15, -0.1) is 0 Å². The third kappa shape index (κ3) is 11.2. The minimum atomic E-state index is -0.148. The standard InChI is InChI=1S/C23H41NO3/c1-23(2)21-27-22(26)24(23)19-17-15-13-11-9-7-5-3-4-6-8-10-12-14-16-18-20-25/h3-4,20H,5-19,21H2,1-2H3. The van der Waals surface area contributed by atoms with E-state index >= 15 is 0 Å². The van der Waals surface area contributed by atoms with Crippen LogP contribution in [0, 0.1) is 0 Å². The lowest BCUT2D eigenvalue weighted by Crippen LogP contribution is -2.42. The second-order valence-corrected chi connectivity index (χ2v) is 8.41. The largest absolute Gasteiger partial charge is 0.447 e. The Balaban J connectivity index is 1.82. The molecule has 1 saturated heterocycles. The molecule has 0 saturated carbocycles. The fourth-order valence-electron chi connectivity index (χ4n) is 3.53. The summed E-state index contributed by atoms with van der Waals surface area (Å²) in [6, 6.07) is 0. The van der Waals surface area contributed by atoms with Crippen molar-refractivity contribution in [3.05, 3.63) is 12.2 Å². The number of unbranched alkanes of at least 4 members (excludes halogenated alkanes) is 12. The highest BCUT2D eigenvalue weighted by Crippen LogP contribution is 2.24. The van der Waals surface area contributed by atoms with Gasteiger partial charge in [0, 0.05) is 13.0 Å². The Labute approximate surface area is 166 Å². The summed E-state index contributed by atoms with van der Waals surface area (Å²) < 4.78 is 5.13. The first-order valence-electron chi connectivity index (χ1n) is 11.1. The van der Waals surface area contributed by atoms with Crippen molar-refractivity contribution in [3.8, 4) is 0 Å². The van der Waals surface area contributed by atoms with E-state index in [-0.39, 0.29) is 11.6 Å². The van der Waals surface area contributed by atoms with E-state index in [4.69, 9.17) is 4.74 Å². The molecule has 1 heterocycles. The zero-order chi connectivity index (χ0) is 19.8. The molecule has 0 spiro atoms. The first-order valence-corrected chi connectivity index (χ1v) is 11.1. The molecule has 1 amide bonds. The Hall–Kier alpha value is -1.32. The van der Waals surface area contributed by atoms with Crippen molar-refractivity contribution in [2.75, 3.05) is 13.2 Å². The van der Waals surface area contributed by atoms with E-state index in [1.165, 1.54) is 70.6 Å². The summed E-state index contributed by atoms with van der Waals surface area (Å²) in [4.78, 5) is 23.8. The van der Waals surface area contributed by atoms with E-state index in [2.05, 4.69) is 26.0 Å². The van der Waals surface area contributed by atoms with Gasteiger partial charge >= 0.3 is 6.09 Å². The van der Waals surface area contributed by atoms with Crippen molar-refractivity contribution in [1.29, 1.82) is 0 Å². The molecule has 0 atom stereocenters. The quantitative estimate of drug-likeness (QED) is 0.166. The van der Waals surface area contributed by atoms with E-state index in [9.17, 15) is 9.59 Å². The monoisotopic (exact) mass is 379 g/mol. The molecule has 0 N–H and O–H groups in total. The van der Waals surface area contributed by atoms with Crippen molar-refractivity contribution in [1.82, 2.24) is 4.90 Å². The maximum Gasteiger partial charge on any atom is 0.410 e. The maximum absolute atomic E-state index is 11.7. The van der Waals surface area contributed by atoms with Crippen LogP contribution in [0.15, 0.2) is 12.2 Å². The minimum Gasteiger partial charge on any atom is -0.447 e. The number of amides is 1. The molecule has 0 unspecified atom stereocenters. The Morgan fingerprint density at radius 2 is 1.30 bits per heavy atom. The molecule has 4 heteroatoms. The first-order chi connectivity index (χ1) is 13.1. The summed E-state index contributed by atoms with van der Waals surface area (Å²) in [6.07, 6.45) is 22.2.